The molecule has 0 aromatic heterocycles. The van der Waals surface area contributed by atoms with Crippen molar-refractivity contribution in [2.24, 2.45) is 0 Å². The molecule has 0 saturated carbocycles. The van der Waals surface area contributed by atoms with E-state index >= 15 is 0 Å². The summed E-state index contributed by atoms with van der Waals surface area (Å²) < 4.78 is 0. The number of hydrogen-bond donors (Lipinski definition) is 0. The van der Waals surface area contributed by atoms with Crippen molar-refractivity contribution >= 4 is 0 Å². The van der Waals surface area contributed by atoms with Gasteiger partial charge in [-0.3, -0.25) is 0 Å². The van der Waals surface area contributed by atoms with Crippen molar-refractivity contribution in [2.75, 3.05) is 0 Å². The summed E-state index contributed by atoms with van der Waals surface area (Å²) in [6, 6.07) is 0. The van der Waals surface area contributed by atoms with Crippen LogP contribution in [0, 0.1) is 0 Å². The monoisotopic (exact) mass is 274 g/mol. The molecule has 0 spiro atoms. The fourth-order valence-corrected chi connectivity index (χ4v) is 1.53. The molecule has 0 aromatic carbocycles. The van der Waals surface area contributed by atoms with Crippen LogP contribution in [0.2, 0.25) is 0 Å². The minimum atomic E-state index is 1.36. The Hall–Kier alpha value is 0. The molecule has 0 aliphatic carbocycles. The summed E-state index contributed by atoms with van der Waals surface area (Å²) in [5.74, 6) is 0. The predicted octanol–water partition coefficient (Wildman–Crippen LogP) is 8.40. The second-order valence-electron chi connectivity index (χ2n) is 4.47. The van der Waals surface area contributed by atoms with Crippen LogP contribution < -0.4 is 0 Å². The van der Waals surface area contributed by atoms with Crippen molar-refractivity contribution in [3.63, 3.8) is 0 Å². The van der Waals surface area contributed by atoms with Crippen molar-refractivity contribution in [3.8, 4) is 0 Å². The van der Waals surface area contributed by atoms with Gasteiger partial charge in [0.05, 0.1) is 0 Å². The third-order valence-electron chi connectivity index (χ3n) is 2.66. The van der Waals surface area contributed by atoms with Crippen molar-refractivity contribution in [1.29, 1.82) is 0 Å². The average molecular weight is 275 g/mol. The van der Waals surface area contributed by atoms with Gasteiger partial charge in [0.1, 0.15) is 0 Å². The van der Waals surface area contributed by atoms with E-state index < -0.39 is 0 Å². The second-order valence-corrected chi connectivity index (χ2v) is 4.47. The standard InChI is InChI=1S/C8H18.C7H16.2C2H6/c1-3-5-7-8-6-4-2;1-3-5-7-6-4-2;2*1-2/h3-8H2,1-2H3;3-7H2,1-2H3;2*1-2H3. The van der Waals surface area contributed by atoms with Gasteiger partial charge in [-0.25, -0.2) is 0 Å². The molecule has 0 nitrogen and oxygen atoms in total. The quantitative estimate of drug-likeness (QED) is 0.370. The Bertz CT molecular complexity index is 66.1. The second kappa shape index (κ2) is 43.0. The van der Waals surface area contributed by atoms with Gasteiger partial charge < -0.3 is 0 Å². The summed E-state index contributed by atoms with van der Waals surface area (Å²) >= 11 is 0. The largest absolute Gasteiger partial charge is 0.0683 e. The molecule has 0 aromatic rings. The fraction of sp³-hybridized carbons (Fsp3) is 1.00. The Morgan fingerprint density at radius 1 is 0.316 bits per heavy atom. The maximum atomic E-state index is 2.26. The van der Waals surface area contributed by atoms with E-state index in [2.05, 4.69) is 27.7 Å². The van der Waals surface area contributed by atoms with E-state index in [-0.39, 0.29) is 0 Å². The molecule has 0 aliphatic heterocycles. The van der Waals surface area contributed by atoms with Gasteiger partial charge in [-0.05, 0) is 0 Å². The molecule has 122 valence electrons. The van der Waals surface area contributed by atoms with Gasteiger partial charge in [-0.1, -0.05) is 126 Å². The third kappa shape index (κ3) is 56.9. The van der Waals surface area contributed by atoms with Crippen molar-refractivity contribution < 1.29 is 0 Å². The first-order valence-electron chi connectivity index (χ1n) is 9.33. The summed E-state index contributed by atoms with van der Waals surface area (Å²) in [7, 11) is 0. The summed E-state index contributed by atoms with van der Waals surface area (Å²) in [6.45, 7) is 17.0. The van der Waals surface area contributed by atoms with Gasteiger partial charge in [-0.2, -0.15) is 0 Å². The maximum absolute atomic E-state index is 2.26. The maximum Gasteiger partial charge on any atom is -0.0533 e. The van der Waals surface area contributed by atoms with Gasteiger partial charge in [0.25, 0.3) is 0 Å². The SMILES string of the molecule is CC.CC.CCCCCCC.CCCCCCCC. The number of rotatable bonds is 9. The molecule has 0 rings (SSSR count). The van der Waals surface area contributed by atoms with Gasteiger partial charge in [-0.15, -0.1) is 0 Å². The Morgan fingerprint density at radius 3 is 0.632 bits per heavy atom. The summed E-state index contributed by atoms with van der Waals surface area (Å²) in [6.07, 6.45) is 15.5. The van der Waals surface area contributed by atoms with Crippen LogP contribution in [0.5, 0.6) is 0 Å². The lowest BCUT2D eigenvalue weighted by molar-refractivity contribution is 0.624. The highest BCUT2D eigenvalue weighted by atomic mass is 13.9. The topological polar surface area (TPSA) is 0 Å². The third-order valence-corrected chi connectivity index (χ3v) is 2.66. The summed E-state index contributed by atoms with van der Waals surface area (Å²) in [5, 5.41) is 0. The Balaban J connectivity index is -0.0000000941. The predicted molar refractivity (Wildman–Crippen MR) is 96.2 cm³/mol. The van der Waals surface area contributed by atoms with Gasteiger partial charge >= 0.3 is 0 Å². The van der Waals surface area contributed by atoms with Crippen LogP contribution in [0.15, 0.2) is 0 Å². The van der Waals surface area contributed by atoms with Gasteiger partial charge in [0, 0.05) is 0 Å². The highest BCUT2D eigenvalue weighted by molar-refractivity contribution is 4.39. The van der Waals surface area contributed by atoms with E-state index in [0.29, 0.717) is 0 Å². The zero-order valence-corrected chi connectivity index (χ0v) is 15.8. The summed E-state index contributed by atoms with van der Waals surface area (Å²) in [5.41, 5.74) is 0. The first kappa shape index (κ1) is 27.4. The normalized spacial score (nSPS) is 8.21. The first-order chi connectivity index (χ1) is 9.33. The minimum absolute atomic E-state index is 1.36. The van der Waals surface area contributed by atoms with Crippen LogP contribution in [-0.4, -0.2) is 0 Å². The molecule has 0 heterocycles. The van der Waals surface area contributed by atoms with E-state index in [1.54, 1.807) is 0 Å². The van der Waals surface area contributed by atoms with Crippen LogP contribution in [0.1, 0.15) is 126 Å². The minimum Gasteiger partial charge on any atom is -0.0683 e. The highest BCUT2D eigenvalue weighted by Crippen LogP contribution is 2.03. The van der Waals surface area contributed by atoms with Crippen LogP contribution in [0.3, 0.4) is 0 Å². The van der Waals surface area contributed by atoms with Crippen molar-refractivity contribution in [3.05, 3.63) is 0 Å². The molecule has 0 bridgehead atoms. The molecule has 0 N–H and O–H groups in total. The van der Waals surface area contributed by atoms with Crippen LogP contribution in [0.4, 0.5) is 0 Å². The van der Waals surface area contributed by atoms with E-state index in [1.165, 1.54) is 70.6 Å². The Kier molecular flexibility index (Phi) is 61.9. The van der Waals surface area contributed by atoms with E-state index in [9.17, 15) is 0 Å². The molecular weight excluding hydrogens is 228 g/mol. The Morgan fingerprint density at radius 2 is 0.474 bits per heavy atom. The number of unbranched alkanes of at least 4 members (excludes halogenated alkanes) is 9. The molecule has 0 heteroatoms. The lowest BCUT2D eigenvalue weighted by Gasteiger charge is -1.93. The molecule has 19 heavy (non-hydrogen) atoms. The van der Waals surface area contributed by atoms with E-state index in [0.717, 1.165) is 0 Å². The molecule has 0 atom stereocenters. The fourth-order valence-electron chi connectivity index (χ4n) is 1.53. The lowest BCUT2D eigenvalue weighted by atomic mass is 10.1. The van der Waals surface area contributed by atoms with E-state index in [1.807, 2.05) is 27.7 Å². The smallest absolute Gasteiger partial charge is 0.0533 e. The van der Waals surface area contributed by atoms with Crippen LogP contribution in [0.25, 0.3) is 0 Å². The lowest BCUT2D eigenvalue weighted by Crippen LogP contribution is -1.73. The Labute approximate surface area is 126 Å². The van der Waals surface area contributed by atoms with Crippen molar-refractivity contribution in [1.82, 2.24) is 0 Å². The van der Waals surface area contributed by atoms with Gasteiger partial charge in [0.2, 0.25) is 0 Å². The number of hydrogen-bond acceptors (Lipinski definition) is 0. The molecule has 0 unspecified atom stereocenters. The molecule has 0 amide bonds. The zero-order valence-electron chi connectivity index (χ0n) is 15.8. The molecule has 0 saturated heterocycles. The van der Waals surface area contributed by atoms with E-state index in [4.69, 9.17) is 0 Å². The molecule has 0 aliphatic rings. The average Bonchev–Trinajstić information content (AvgIpc) is 2.49. The molecule has 0 fully saturated rings. The van der Waals surface area contributed by atoms with Crippen molar-refractivity contribution in [2.45, 2.75) is 126 Å². The molecular formula is C19H46. The first-order valence-corrected chi connectivity index (χ1v) is 9.33. The summed E-state index contributed by atoms with van der Waals surface area (Å²) in [4.78, 5) is 0. The van der Waals surface area contributed by atoms with Crippen LogP contribution in [-0.2, 0) is 0 Å². The highest BCUT2D eigenvalue weighted by Gasteiger charge is 1.83. The zero-order chi connectivity index (χ0) is 15.8. The van der Waals surface area contributed by atoms with Crippen LogP contribution >= 0.6 is 0 Å². The van der Waals surface area contributed by atoms with Gasteiger partial charge in [0.15, 0.2) is 0 Å². The molecule has 0 radical (unpaired) electrons.